The first-order valence-electron chi connectivity index (χ1n) is 6.44. The lowest BCUT2D eigenvalue weighted by molar-refractivity contribution is -0.132. The van der Waals surface area contributed by atoms with Crippen LogP contribution in [0.25, 0.3) is 0 Å². The van der Waals surface area contributed by atoms with Crippen molar-refractivity contribution in [3.63, 3.8) is 0 Å². The number of aromatic nitrogens is 2. The van der Waals surface area contributed by atoms with E-state index >= 15 is 0 Å². The number of amides is 1. The molecule has 0 aromatic carbocycles. The van der Waals surface area contributed by atoms with Crippen molar-refractivity contribution in [2.24, 2.45) is 0 Å². The van der Waals surface area contributed by atoms with Crippen molar-refractivity contribution in [1.29, 1.82) is 5.26 Å². The number of rotatable bonds is 4. The summed E-state index contributed by atoms with van der Waals surface area (Å²) in [5.41, 5.74) is 1.17. The Morgan fingerprint density at radius 1 is 1.56 bits per heavy atom. The van der Waals surface area contributed by atoms with Gasteiger partial charge >= 0.3 is 0 Å². The third kappa shape index (κ3) is 3.10. The lowest BCUT2D eigenvalue weighted by atomic mass is 9.94. The monoisotopic (exact) mass is 246 g/mol. The summed E-state index contributed by atoms with van der Waals surface area (Å²) in [6.45, 7) is 1.63. The third-order valence-corrected chi connectivity index (χ3v) is 3.49. The molecule has 1 aliphatic heterocycles. The average molecular weight is 246 g/mol. The Hall–Kier alpha value is -1.83. The molecule has 0 atom stereocenters. The zero-order chi connectivity index (χ0) is 12.8. The molecule has 18 heavy (non-hydrogen) atoms. The van der Waals surface area contributed by atoms with Crippen LogP contribution in [0.15, 0.2) is 12.5 Å². The quantitative estimate of drug-likeness (QED) is 0.823. The van der Waals surface area contributed by atoms with Crippen LogP contribution in [0.2, 0.25) is 0 Å². The molecule has 2 rings (SSSR count). The van der Waals surface area contributed by atoms with Crippen LogP contribution < -0.4 is 0 Å². The van der Waals surface area contributed by atoms with Crippen LogP contribution in [0.4, 0.5) is 0 Å². The van der Waals surface area contributed by atoms with Gasteiger partial charge in [-0.1, -0.05) is 0 Å². The number of nitriles is 1. The second-order valence-electron chi connectivity index (χ2n) is 4.67. The number of carbonyl (C=O) groups excluding carboxylic acids is 1. The number of aromatic amines is 1. The number of unbranched alkanes of at least 4 members (excludes halogenated alkanes) is 1. The van der Waals surface area contributed by atoms with Gasteiger partial charge in [0, 0.05) is 43.7 Å². The molecule has 0 saturated carbocycles. The predicted molar refractivity (Wildman–Crippen MR) is 66.6 cm³/mol. The van der Waals surface area contributed by atoms with Gasteiger partial charge in [0.05, 0.1) is 12.4 Å². The van der Waals surface area contributed by atoms with Gasteiger partial charge in [-0.15, -0.1) is 0 Å². The minimum absolute atomic E-state index is 0.188. The molecule has 1 aromatic heterocycles. The van der Waals surface area contributed by atoms with E-state index in [1.165, 1.54) is 5.69 Å². The van der Waals surface area contributed by atoms with Crippen LogP contribution in [0.1, 0.15) is 43.7 Å². The van der Waals surface area contributed by atoms with Gasteiger partial charge < -0.3 is 9.88 Å². The van der Waals surface area contributed by atoms with Crippen LogP contribution in [-0.2, 0) is 4.79 Å². The first-order valence-corrected chi connectivity index (χ1v) is 6.44. The van der Waals surface area contributed by atoms with E-state index in [9.17, 15) is 4.79 Å². The SMILES string of the molecule is N#CCCCC(=O)N1CCC(c2cnc[nH]2)CC1. The van der Waals surface area contributed by atoms with Crippen molar-refractivity contribution in [2.45, 2.75) is 38.0 Å². The lowest BCUT2D eigenvalue weighted by Gasteiger charge is -2.31. The largest absolute Gasteiger partial charge is 0.348 e. The number of piperidine rings is 1. The summed E-state index contributed by atoms with van der Waals surface area (Å²) in [5.74, 6) is 0.684. The summed E-state index contributed by atoms with van der Waals surface area (Å²) in [5, 5.41) is 8.45. The molecule has 0 unspecified atom stereocenters. The van der Waals surface area contributed by atoms with E-state index in [0.717, 1.165) is 25.9 Å². The zero-order valence-corrected chi connectivity index (χ0v) is 10.4. The van der Waals surface area contributed by atoms with Crippen molar-refractivity contribution in [1.82, 2.24) is 14.9 Å². The summed E-state index contributed by atoms with van der Waals surface area (Å²) >= 11 is 0. The number of imidazole rings is 1. The van der Waals surface area contributed by atoms with E-state index in [2.05, 4.69) is 16.0 Å². The summed E-state index contributed by atoms with van der Waals surface area (Å²) in [7, 11) is 0. The Kier molecular flexibility index (Phi) is 4.35. The van der Waals surface area contributed by atoms with Crippen molar-refractivity contribution >= 4 is 5.91 Å². The molecule has 1 saturated heterocycles. The van der Waals surface area contributed by atoms with Crippen molar-refractivity contribution < 1.29 is 4.79 Å². The molecule has 0 aliphatic carbocycles. The number of carbonyl (C=O) groups is 1. The predicted octanol–water partition coefficient (Wildman–Crippen LogP) is 1.81. The van der Waals surface area contributed by atoms with E-state index in [-0.39, 0.29) is 5.91 Å². The van der Waals surface area contributed by atoms with Crippen LogP contribution in [0, 0.1) is 11.3 Å². The number of likely N-dealkylation sites (tertiary alicyclic amines) is 1. The highest BCUT2D eigenvalue weighted by molar-refractivity contribution is 5.76. The van der Waals surface area contributed by atoms with Gasteiger partial charge in [0.2, 0.25) is 5.91 Å². The lowest BCUT2D eigenvalue weighted by Crippen LogP contribution is -2.37. The number of hydrogen-bond donors (Lipinski definition) is 1. The fourth-order valence-electron chi connectivity index (χ4n) is 2.41. The van der Waals surface area contributed by atoms with E-state index in [0.29, 0.717) is 25.2 Å². The highest BCUT2D eigenvalue weighted by atomic mass is 16.2. The number of nitrogens with one attached hydrogen (secondary N) is 1. The highest BCUT2D eigenvalue weighted by Gasteiger charge is 2.23. The Labute approximate surface area is 107 Å². The standard InChI is InChI=1S/C13H18N4O/c14-6-2-1-3-13(18)17-7-4-11(5-8-17)12-9-15-10-16-12/h9-11H,1-5,7-8H2,(H,15,16). The first kappa shape index (κ1) is 12.6. The number of H-pyrrole nitrogens is 1. The van der Waals surface area contributed by atoms with E-state index in [1.807, 2.05) is 11.1 Å². The molecule has 5 nitrogen and oxygen atoms in total. The third-order valence-electron chi connectivity index (χ3n) is 3.49. The number of hydrogen-bond acceptors (Lipinski definition) is 3. The van der Waals surface area contributed by atoms with Crippen molar-refractivity contribution in [2.75, 3.05) is 13.1 Å². The van der Waals surface area contributed by atoms with Gasteiger partial charge in [-0.25, -0.2) is 4.98 Å². The smallest absolute Gasteiger partial charge is 0.222 e. The van der Waals surface area contributed by atoms with Gasteiger partial charge in [0.15, 0.2) is 0 Å². The molecule has 96 valence electrons. The molecule has 1 aliphatic rings. The Balaban J connectivity index is 1.76. The Morgan fingerprint density at radius 2 is 2.33 bits per heavy atom. The molecule has 1 aromatic rings. The maximum atomic E-state index is 11.9. The van der Waals surface area contributed by atoms with Crippen LogP contribution in [0.5, 0.6) is 0 Å². The summed E-state index contributed by atoms with van der Waals surface area (Å²) in [6, 6.07) is 2.07. The van der Waals surface area contributed by atoms with Gasteiger partial charge in [-0.3, -0.25) is 4.79 Å². The highest BCUT2D eigenvalue weighted by Crippen LogP contribution is 2.26. The average Bonchev–Trinajstić information content (AvgIpc) is 2.93. The fraction of sp³-hybridized carbons (Fsp3) is 0.615. The van der Waals surface area contributed by atoms with Gasteiger partial charge in [-0.2, -0.15) is 5.26 Å². The molecule has 1 fully saturated rings. The van der Waals surface area contributed by atoms with Crippen LogP contribution >= 0.6 is 0 Å². The van der Waals surface area contributed by atoms with Crippen molar-refractivity contribution in [3.05, 3.63) is 18.2 Å². The molecule has 1 N–H and O–H groups in total. The normalized spacial score (nSPS) is 16.5. The minimum atomic E-state index is 0.188. The Bertz CT molecular complexity index is 413. The minimum Gasteiger partial charge on any atom is -0.348 e. The summed E-state index contributed by atoms with van der Waals surface area (Å²) < 4.78 is 0. The van der Waals surface area contributed by atoms with Gasteiger partial charge in [0.25, 0.3) is 0 Å². The summed E-state index contributed by atoms with van der Waals surface area (Å²) in [4.78, 5) is 21.0. The van der Waals surface area contributed by atoms with E-state index in [4.69, 9.17) is 5.26 Å². The zero-order valence-electron chi connectivity index (χ0n) is 10.4. The molecule has 0 bridgehead atoms. The Morgan fingerprint density at radius 3 is 2.94 bits per heavy atom. The second-order valence-corrected chi connectivity index (χ2v) is 4.67. The molecule has 2 heterocycles. The van der Waals surface area contributed by atoms with Crippen LogP contribution in [0.3, 0.4) is 0 Å². The fourth-order valence-corrected chi connectivity index (χ4v) is 2.41. The maximum Gasteiger partial charge on any atom is 0.222 e. The molecular weight excluding hydrogens is 228 g/mol. The van der Waals surface area contributed by atoms with E-state index in [1.54, 1.807) is 6.33 Å². The molecule has 0 radical (unpaired) electrons. The summed E-state index contributed by atoms with van der Waals surface area (Å²) in [6.07, 6.45) is 7.20. The topological polar surface area (TPSA) is 72.8 Å². The molecule has 0 spiro atoms. The second kappa shape index (κ2) is 6.20. The molecular formula is C13H18N4O. The maximum absolute atomic E-state index is 11.9. The van der Waals surface area contributed by atoms with Crippen molar-refractivity contribution in [3.8, 4) is 6.07 Å². The van der Waals surface area contributed by atoms with E-state index < -0.39 is 0 Å². The number of nitrogens with zero attached hydrogens (tertiary/aromatic N) is 3. The van der Waals surface area contributed by atoms with Crippen LogP contribution in [-0.4, -0.2) is 33.9 Å². The molecule has 1 amide bonds. The molecule has 5 heteroatoms. The first-order chi connectivity index (χ1) is 8.81. The van der Waals surface area contributed by atoms with Gasteiger partial charge in [-0.05, 0) is 19.3 Å². The van der Waals surface area contributed by atoms with Gasteiger partial charge in [0.1, 0.15) is 0 Å².